The molecule has 4 rings (SSSR count). The lowest BCUT2D eigenvalue weighted by molar-refractivity contribution is 0.222. The fourth-order valence-corrected chi connectivity index (χ4v) is 5.09. The maximum Gasteiger partial charge on any atom is 0.276 e. The first-order valence-corrected chi connectivity index (χ1v) is 11.8. The van der Waals surface area contributed by atoms with E-state index in [0.29, 0.717) is 49.0 Å². The first-order valence-electron chi connectivity index (χ1n) is 9.96. The van der Waals surface area contributed by atoms with Crippen molar-refractivity contribution in [3.8, 4) is 5.82 Å². The van der Waals surface area contributed by atoms with Gasteiger partial charge in [0.1, 0.15) is 4.90 Å². The largest absolute Gasteiger partial charge is 0.304 e. The Bertz CT molecular complexity index is 1230. The maximum atomic E-state index is 13.0. The Labute approximate surface area is 186 Å². The quantitative estimate of drug-likeness (QED) is 0.628. The molecular formula is C21H24ClN5O3S. The summed E-state index contributed by atoms with van der Waals surface area (Å²) in [6.07, 6.45) is 1.77. The summed E-state index contributed by atoms with van der Waals surface area (Å²) >= 11 is 5.93. The minimum absolute atomic E-state index is 0.124. The highest BCUT2D eigenvalue weighted by atomic mass is 35.5. The van der Waals surface area contributed by atoms with Gasteiger partial charge < -0.3 is 4.90 Å². The number of aromatic amines is 1. The highest BCUT2D eigenvalue weighted by Crippen LogP contribution is 2.18. The van der Waals surface area contributed by atoms with E-state index in [1.54, 1.807) is 18.2 Å². The second kappa shape index (κ2) is 8.58. The Balaban J connectivity index is 1.58. The number of aryl methyl sites for hydroxylation is 1. The summed E-state index contributed by atoms with van der Waals surface area (Å²) < 4.78 is 28.6. The number of halogens is 1. The molecule has 0 atom stereocenters. The number of benzene rings is 1. The van der Waals surface area contributed by atoms with E-state index in [1.807, 2.05) is 26.1 Å². The molecule has 8 nitrogen and oxygen atoms in total. The summed E-state index contributed by atoms with van der Waals surface area (Å²) in [5.41, 5.74) is 2.11. The number of aromatic nitrogens is 3. The van der Waals surface area contributed by atoms with Crippen molar-refractivity contribution in [3.63, 3.8) is 0 Å². The molecule has 0 saturated carbocycles. The molecule has 31 heavy (non-hydrogen) atoms. The summed E-state index contributed by atoms with van der Waals surface area (Å²) in [7, 11) is -1.64. The Morgan fingerprint density at radius 1 is 1.06 bits per heavy atom. The van der Waals surface area contributed by atoms with Gasteiger partial charge in [-0.15, -0.1) is 0 Å². The molecule has 10 heteroatoms. The third-order valence-electron chi connectivity index (χ3n) is 5.54. The molecule has 1 N–H and O–H groups in total. The molecule has 0 bridgehead atoms. The number of nitrogens with one attached hydrogen (secondary N) is 1. The van der Waals surface area contributed by atoms with E-state index in [1.165, 1.54) is 21.3 Å². The molecule has 1 aliphatic heterocycles. The van der Waals surface area contributed by atoms with Crippen molar-refractivity contribution < 1.29 is 8.42 Å². The van der Waals surface area contributed by atoms with E-state index in [-0.39, 0.29) is 10.5 Å². The summed E-state index contributed by atoms with van der Waals surface area (Å²) in [5.74, 6) is 0.341. The van der Waals surface area contributed by atoms with Crippen molar-refractivity contribution in [3.05, 3.63) is 74.8 Å². The molecule has 3 aromatic rings. The van der Waals surface area contributed by atoms with Gasteiger partial charge in [-0.25, -0.2) is 18.1 Å². The smallest absolute Gasteiger partial charge is 0.276 e. The van der Waals surface area contributed by atoms with Gasteiger partial charge in [0.25, 0.3) is 5.56 Å². The molecule has 2 aromatic heterocycles. The summed E-state index contributed by atoms with van der Waals surface area (Å²) in [6.45, 7) is 4.11. The molecule has 1 aliphatic rings. The predicted molar refractivity (Wildman–Crippen MR) is 119 cm³/mol. The Hall–Kier alpha value is -2.46. The molecule has 3 heterocycles. The average Bonchev–Trinajstić information content (AvgIpc) is 3.04. The van der Waals surface area contributed by atoms with Gasteiger partial charge in [0, 0.05) is 55.1 Å². The average molecular weight is 462 g/mol. The standard InChI is InChI=1S/C21H24ClN5O3S/c1-15-19(13-16-3-5-17(22)6-4-16)21(28)27(24-15)20-8-7-18(14-23-20)31(29,30)26-11-9-25(2)10-12-26/h3-8,14,24H,9-13H2,1-2H3. The molecule has 0 radical (unpaired) electrons. The van der Waals surface area contributed by atoms with Crippen molar-refractivity contribution in [2.24, 2.45) is 0 Å². The van der Waals surface area contributed by atoms with Crippen molar-refractivity contribution in [2.75, 3.05) is 33.2 Å². The predicted octanol–water partition coefficient (Wildman–Crippen LogP) is 2.05. The zero-order valence-electron chi connectivity index (χ0n) is 17.4. The fourth-order valence-electron chi connectivity index (χ4n) is 3.59. The monoisotopic (exact) mass is 461 g/mol. The number of rotatable bonds is 5. The van der Waals surface area contributed by atoms with Crippen molar-refractivity contribution in [1.82, 2.24) is 24.0 Å². The summed E-state index contributed by atoms with van der Waals surface area (Å²) in [4.78, 5) is 19.4. The topological polar surface area (TPSA) is 91.3 Å². The SMILES string of the molecule is Cc1[nH]n(-c2ccc(S(=O)(=O)N3CCN(C)CC3)cn2)c(=O)c1Cc1ccc(Cl)cc1. The molecule has 0 unspecified atom stereocenters. The number of pyridine rings is 1. The second-order valence-corrected chi connectivity index (χ2v) is 10.1. The van der Waals surface area contributed by atoms with E-state index in [2.05, 4.69) is 15.0 Å². The number of sulfonamides is 1. The van der Waals surface area contributed by atoms with Crippen LogP contribution in [0.15, 0.2) is 52.3 Å². The van der Waals surface area contributed by atoms with Crippen LogP contribution in [0, 0.1) is 6.92 Å². The number of piperazine rings is 1. The minimum atomic E-state index is -3.61. The van der Waals surface area contributed by atoms with Gasteiger partial charge in [-0.3, -0.25) is 9.89 Å². The van der Waals surface area contributed by atoms with E-state index >= 15 is 0 Å². The molecule has 1 aromatic carbocycles. The first-order chi connectivity index (χ1) is 14.8. The van der Waals surface area contributed by atoms with E-state index in [4.69, 9.17) is 11.6 Å². The number of likely N-dealkylation sites (N-methyl/N-ethyl adjacent to an activating group) is 1. The lowest BCUT2D eigenvalue weighted by Crippen LogP contribution is -2.47. The van der Waals surface area contributed by atoms with E-state index < -0.39 is 10.0 Å². The zero-order chi connectivity index (χ0) is 22.2. The van der Waals surface area contributed by atoms with Crippen LogP contribution in [-0.4, -0.2) is 65.6 Å². The lowest BCUT2D eigenvalue weighted by atomic mass is 10.1. The van der Waals surface area contributed by atoms with Crippen LogP contribution in [0.3, 0.4) is 0 Å². The Morgan fingerprint density at radius 3 is 2.35 bits per heavy atom. The van der Waals surface area contributed by atoms with Crippen LogP contribution in [0.4, 0.5) is 0 Å². The van der Waals surface area contributed by atoms with Gasteiger partial charge in [-0.2, -0.15) is 4.31 Å². The van der Waals surface area contributed by atoms with E-state index in [9.17, 15) is 13.2 Å². The van der Waals surface area contributed by atoms with Crippen LogP contribution >= 0.6 is 11.6 Å². The lowest BCUT2D eigenvalue weighted by Gasteiger charge is -2.31. The van der Waals surface area contributed by atoms with Crippen LogP contribution in [0.2, 0.25) is 5.02 Å². The van der Waals surface area contributed by atoms with Crippen LogP contribution in [-0.2, 0) is 16.4 Å². The van der Waals surface area contributed by atoms with Gasteiger partial charge in [0.2, 0.25) is 10.0 Å². The summed E-state index contributed by atoms with van der Waals surface area (Å²) in [5, 5.41) is 3.68. The van der Waals surface area contributed by atoms with Gasteiger partial charge in [0.15, 0.2) is 5.82 Å². The molecule has 0 amide bonds. The zero-order valence-corrected chi connectivity index (χ0v) is 18.9. The number of nitrogens with zero attached hydrogens (tertiary/aromatic N) is 4. The Morgan fingerprint density at radius 2 is 1.74 bits per heavy atom. The normalized spacial score (nSPS) is 16.0. The molecule has 0 aliphatic carbocycles. The molecule has 164 valence electrons. The number of hydrogen-bond acceptors (Lipinski definition) is 5. The van der Waals surface area contributed by atoms with Crippen molar-refractivity contribution >= 4 is 21.6 Å². The first kappa shape index (κ1) is 21.8. The van der Waals surface area contributed by atoms with Crippen LogP contribution in [0.25, 0.3) is 5.82 Å². The number of hydrogen-bond donors (Lipinski definition) is 1. The highest BCUT2D eigenvalue weighted by Gasteiger charge is 2.27. The molecule has 0 spiro atoms. The maximum absolute atomic E-state index is 13.0. The highest BCUT2D eigenvalue weighted by molar-refractivity contribution is 7.89. The van der Waals surface area contributed by atoms with Gasteiger partial charge in [0.05, 0.1) is 0 Å². The minimum Gasteiger partial charge on any atom is -0.304 e. The van der Waals surface area contributed by atoms with Crippen molar-refractivity contribution in [2.45, 2.75) is 18.2 Å². The van der Waals surface area contributed by atoms with Crippen molar-refractivity contribution in [1.29, 1.82) is 0 Å². The van der Waals surface area contributed by atoms with Crippen LogP contribution in [0.1, 0.15) is 16.8 Å². The van der Waals surface area contributed by atoms with Crippen LogP contribution in [0.5, 0.6) is 0 Å². The van der Waals surface area contributed by atoms with Gasteiger partial charge in [-0.05, 0) is 43.8 Å². The van der Waals surface area contributed by atoms with Crippen LogP contribution < -0.4 is 5.56 Å². The second-order valence-electron chi connectivity index (χ2n) is 7.72. The third kappa shape index (κ3) is 4.45. The molecular weight excluding hydrogens is 438 g/mol. The third-order valence-corrected chi connectivity index (χ3v) is 7.67. The molecule has 1 fully saturated rings. The van der Waals surface area contributed by atoms with E-state index in [0.717, 1.165) is 11.3 Å². The Kier molecular flexibility index (Phi) is 6.02. The fraction of sp³-hybridized carbons (Fsp3) is 0.333. The van der Waals surface area contributed by atoms with Gasteiger partial charge >= 0.3 is 0 Å². The molecule has 1 saturated heterocycles. The summed E-state index contributed by atoms with van der Waals surface area (Å²) in [6, 6.07) is 10.4. The van der Waals surface area contributed by atoms with Gasteiger partial charge in [-0.1, -0.05) is 23.7 Å². The number of H-pyrrole nitrogens is 1.